The molecule has 1 aliphatic rings. The van der Waals surface area contributed by atoms with E-state index in [4.69, 9.17) is 0 Å². The van der Waals surface area contributed by atoms with Gasteiger partial charge in [0.05, 0.1) is 6.04 Å². The van der Waals surface area contributed by atoms with Gasteiger partial charge in [-0.15, -0.1) is 0 Å². The molecule has 1 unspecified atom stereocenters. The van der Waals surface area contributed by atoms with Crippen molar-refractivity contribution in [3.05, 3.63) is 12.3 Å². The molecule has 0 bridgehead atoms. The molecule has 1 fully saturated rings. The van der Waals surface area contributed by atoms with E-state index in [-0.39, 0.29) is 6.04 Å². The quantitative estimate of drug-likeness (QED) is 0.733. The predicted octanol–water partition coefficient (Wildman–Crippen LogP) is 1.10. The van der Waals surface area contributed by atoms with Crippen LogP contribution in [-0.4, -0.2) is 42.9 Å². The van der Waals surface area contributed by atoms with Gasteiger partial charge in [0.15, 0.2) is 0 Å². The zero-order chi connectivity index (χ0) is 12.3. The van der Waals surface area contributed by atoms with Crippen molar-refractivity contribution in [1.82, 2.24) is 9.97 Å². The van der Waals surface area contributed by atoms with Gasteiger partial charge in [0.1, 0.15) is 12.1 Å². The summed E-state index contributed by atoms with van der Waals surface area (Å²) in [5.74, 6) is 1.53. The van der Waals surface area contributed by atoms with Crippen LogP contribution in [0.1, 0.15) is 19.3 Å². The van der Waals surface area contributed by atoms with Gasteiger partial charge < -0.3 is 14.6 Å². The smallest absolute Gasteiger partial charge is 0.226 e. The Kier molecular flexibility index (Phi) is 3.56. The van der Waals surface area contributed by atoms with Crippen LogP contribution >= 0.6 is 0 Å². The van der Waals surface area contributed by atoms with E-state index in [1.165, 1.54) is 0 Å². The molecule has 17 heavy (non-hydrogen) atoms. The van der Waals surface area contributed by atoms with Crippen molar-refractivity contribution in [2.24, 2.45) is 0 Å². The van der Waals surface area contributed by atoms with Crippen molar-refractivity contribution < 1.29 is 4.79 Å². The molecule has 5 nitrogen and oxygen atoms in total. The van der Waals surface area contributed by atoms with Gasteiger partial charge in [-0.25, -0.2) is 4.98 Å². The number of anilines is 2. The number of piperidine rings is 1. The highest BCUT2D eigenvalue weighted by atomic mass is 16.1. The van der Waals surface area contributed by atoms with Gasteiger partial charge in [-0.1, -0.05) is 0 Å². The van der Waals surface area contributed by atoms with E-state index in [0.717, 1.165) is 37.9 Å². The second kappa shape index (κ2) is 5.12. The zero-order valence-corrected chi connectivity index (χ0v) is 10.3. The Morgan fingerprint density at radius 2 is 2.29 bits per heavy atom. The maximum Gasteiger partial charge on any atom is 0.226 e. The van der Waals surface area contributed by atoms with E-state index in [0.29, 0.717) is 5.95 Å². The summed E-state index contributed by atoms with van der Waals surface area (Å²) in [6.45, 7) is 0.896. The van der Waals surface area contributed by atoms with Crippen LogP contribution in [0.2, 0.25) is 0 Å². The zero-order valence-electron chi connectivity index (χ0n) is 10.3. The molecule has 1 aliphatic heterocycles. The topological polar surface area (TPSA) is 49.3 Å². The Morgan fingerprint density at radius 1 is 1.47 bits per heavy atom. The van der Waals surface area contributed by atoms with Crippen molar-refractivity contribution in [2.75, 3.05) is 30.4 Å². The molecular formula is C12H18N4O. The fourth-order valence-corrected chi connectivity index (χ4v) is 2.10. The summed E-state index contributed by atoms with van der Waals surface area (Å²) in [5.41, 5.74) is 0. The predicted molar refractivity (Wildman–Crippen MR) is 67.4 cm³/mol. The molecule has 1 aromatic rings. The molecule has 0 amide bonds. The first-order valence-electron chi connectivity index (χ1n) is 5.94. The minimum atomic E-state index is -0.0336. The molecule has 5 heteroatoms. The number of rotatable bonds is 3. The van der Waals surface area contributed by atoms with Crippen LogP contribution in [0.5, 0.6) is 0 Å². The van der Waals surface area contributed by atoms with E-state index in [2.05, 4.69) is 14.9 Å². The van der Waals surface area contributed by atoms with Gasteiger partial charge in [0.2, 0.25) is 5.95 Å². The number of aldehydes is 1. The fraction of sp³-hybridized carbons (Fsp3) is 0.583. The molecule has 0 saturated carbocycles. The number of carbonyl (C=O) groups is 1. The third-order valence-corrected chi connectivity index (χ3v) is 3.03. The first-order chi connectivity index (χ1) is 8.22. The van der Waals surface area contributed by atoms with Crippen molar-refractivity contribution in [2.45, 2.75) is 25.3 Å². The molecule has 0 aliphatic carbocycles. The van der Waals surface area contributed by atoms with E-state index in [1.807, 2.05) is 25.1 Å². The monoisotopic (exact) mass is 234 g/mol. The summed E-state index contributed by atoms with van der Waals surface area (Å²) in [5, 5.41) is 0. The third kappa shape index (κ3) is 2.54. The SMILES string of the molecule is CN(C)c1nccc(N2CCCCC2C=O)n1. The summed E-state index contributed by atoms with van der Waals surface area (Å²) < 4.78 is 0. The largest absolute Gasteiger partial charge is 0.347 e. The molecular weight excluding hydrogens is 216 g/mol. The Hall–Kier alpha value is -1.65. The third-order valence-electron chi connectivity index (χ3n) is 3.03. The molecule has 92 valence electrons. The van der Waals surface area contributed by atoms with Crippen molar-refractivity contribution >= 4 is 18.1 Å². The second-order valence-electron chi connectivity index (χ2n) is 4.50. The number of nitrogens with zero attached hydrogens (tertiary/aromatic N) is 4. The standard InChI is InChI=1S/C12H18N4O/c1-15(2)12-13-7-6-11(14-12)16-8-4-3-5-10(16)9-17/h6-7,9-10H,3-5,8H2,1-2H3. The highest BCUT2D eigenvalue weighted by Gasteiger charge is 2.23. The molecule has 2 heterocycles. The van der Waals surface area contributed by atoms with Gasteiger partial charge in [0, 0.05) is 26.8 Å². The lowest BCUT2D eigenvalue weighted by Crippen LogP contribution is -2.41. The first kappa shape index (κ1) is 11.8. The first-order valence-corrected chi connectivity index (χ1v) is 5.94. The molecule has 0 spiro atoms. The minimum absolute atomic E-state index is 0.0336. The van der Waals surface area contributed by atoms with E-state index >= 15 is 0 Å². The van der Waals surface area contributed by atoms with Crippen LogP contribution in [-0.2, 0) is 4.79 Å². The highest BCUT2D eigenvalue weighted by Crippen LogP contribution is 2.22. The Bertz CT molecular complexity index is 394. The minimum Gasteiger partial charge on any atom is -0.347 e. The second-order valence-corrected chi connectivity index (χ2v) is 4.50. The van der Waals surface area contributed by atoms with Gasteiger partial charge >= 0.3 is 0 Å². The molecule has 1 aromatic heterocycles. The number of aromatic nitrogens is 2. The number of hydrogen-bond donors (Lipinski definition) is 0. The highest BCUT2D eigenvalue weighted by molar-refractivity contribution is 5.65. The van der Waals surface area contributed by atoms with Crippen LogP contribution in [0.3, 0.4) is 0 Å². The molecule has 0 radical (unpaired) electrons. The van der Waals surface area contributed by atoms with Gasteiger partial charge in [0.25, 0.3) is 0 Å². The van der Waals surface area contributed by atoms with Crippen LogP contribution < -0.4 is 9.80 Å². The lowest BCUT2D eigenvalue weighted by atomic mass is 10.0. The maximum absolute atomic E-state index is 11.1. The van der Waals surface area contributed by atoms with Crippen LogP contribution in [0, 0.1) is 0 Å². The molecule has 2 rings (SSSR count). The Labute approximate surface area is 101 Å². The van der Waals surface area contributed by atoms with Crippen LogP contribution in [0.15, 0.2) is 12.3 Å². The van der Waals surface area contributed by atoms with Gasteiger partial charge in [-0.2, -0.15) is 4.98 Å². The molecule has 1 atom stereocenters. The van der Waals surface area contributed by atoms with Crippen molar-refractivity contribution in [3.63, 3.8) is 0 Å². The van der Waals surface area contributed by atoms with E-state index in [1.54, 1.807) is 6.20 Å². The Morgan fingerprint density at radius 3 is 3.00 bits per heavy atom. The average Bonchev–Trinajstić information content (AvgIpc) is 2.39. The van der Waals surface area contributed by atoms with Gasteiger partial charge in [-0.05, 0) is 25.3 Å². The molecule has 0 aromatic carbocycles. The lowest BCUT2D eigenvalue weighted by Gasteiger charge is -2.33. The van der Waals surface area contributed by atoms with Crippen LogP contribution in [0.25, 0.3) is 0 Å². The number of carbonyl (C=O) groups excluding carboxylic acids is 1. The molecule has 1 saturated heterocycles. The number of hydrogen-bond acceptors (Lipinski definition) is 5. The fourth-order valence-electron chi connectivity index (χ4n) is 2.10. The van der Waals surface area contributed by atoms with Gasteiger partial charge in [-0.3, -0.25) is 0 Å². The lowest BCUT2D eigenvalue weighted by molar-refractivity contribution is -0.109. The summed E-state index contributed by atoms with van der Waals surface area (Å²) >= 11 is 0. The van der Waals surface area contributed by atoms with E-state index in [9.17, 15) is 4.79 Å². The summed E-state index contributed by atoms with van der Waals surface area (Å²) in [7, 11) is 3.82. The molecule has 0 N–H and O–H groups in total. The summed E-state index contributed by atoms with van der Waals surface area (Å²) in [6.07, 6.45) is 5.92. The average molecular weight is 234 g/mol. The Balaban J connectivity index is 2.25. The normalized spacial score (nSPS) is 20.1. The van der Waals surface area contributed by atoms with Crippen molar-refractivity contribution in [1.29, 1.82) is 0 Å². The maximum atomic E-state index is 11.1. The summed E-state index contributed by atoms with van der Waals surface area (Å²) in [6, 6.07) is 1.84. The summed E-state index contributed by atoms with van der Waals surface area (Å²) in [4.78, 5) is 23.7. The van der Waals surface area contributed by atoms with E-state index < -0.39 is 0 Å². The van der Waals surface area contributed by atoms with Crippen molar-refractivity contribution in [3.8, 4) is 0 Å². The van der Waals surface area contributed by atoms with Crippen LogP contribution in [0.4, 0.5) is 11.8 Å².